The smallest absolute Gasteiger partial charge is 0.228 e. The first-order valence-electron chi connectivity index (χ1n) is 6.17. The second-order valence-corrected chi connectivity index (χ2v) is 4.79. The predicted molar refractivity (Wildman–Crippen MR) is 66.4 cm³/mol. The molecule has 0 aromatic heterocycles. The quantitative estimate of drug-likeness (QED) is 0.812. The predicted octanol–water partition coefficient (Wildman–Crippen LogP) is 1.64. The topological polar surface area (TPSA) is 49.3 Å². The summed E-state index contributed by atoms with van der Waals surface area (Å²) < 4.78 is 0. The summed E-state index contributed by atoms with van der Waals surface area (Å²) in [5.41, 5.74) is 1.93. The molecule has 0 atom stereocenters. The van der Waals surface area contributed by atoms with Crippen molar-refractivity contribution in [2.75, 3.05) is 6.61 Å². The standard InChI is InChI=1S/C14H19NO2/c1-2-11-3-5-12(6-4-11)9-15-13(17)14(10-16)7-8-14/h3-6,16H,2,7-10H2,1H3,(H,15,17). The SMILES string of the molecule is CCc1ccc(CNC(=O)C2(CO)CC2)cc1. The fourth-order valence-electron chi connectivity index (χ4n) is 1.87. The van der Waals surface area contributed by atoms with Crippen LogP contribution in [0.1, 0.15) is 30.9 Å². The number of hydrogen-bond donors (Lipinski definition) is 2. The van der Waals surface area contributed by atoms with Gasteiger partial charge in [0.2, 0.25) is 5.91 Å². The number of amides is 1. The molecule has 1 aliphatic carbocycles. The molecular formula is C14H19NO2. The summed E-state index contributed by atoms with van der Waals surface area (Å²) in [5.74, 6) is -0.0143. The van der Waals surface area contributed by atoms with Gasteiger partial charge in [-0.2, -0.15) is 0 Å². The zero-order chi connectivity index (χ0) is 12.3. The van der Waals surface area contributed by atoms with Crippen LogP contribution in [0.3, 0.4) is 0 Å². The van der Waals surface area contributed by atoms with E-state index in [1.165, 1.54) is 5.56 Å². The Morgan fingerprint density at radius 3 is 2.35 bits per heavy atom. The molecule has 1 aliphatic rings. The molecule has 1 saturated carbocycles. The van der Waals surface area contributed by atoms with Gasteiger partial charge < -0.3 is 10.4 Å². The Hall–Kier alpha value is -1.35. The molecule has 17 heavy (non-hydrogen) atoms. The van der Waals surface area contributed by atoms with Crippen molar-refractivity contribution in [1.29, 1.82) is 0 Å². The summed E-state index contributed by atoms with van der Waals surface area (Å²) in [5, 5.41) is 12.0. The van der Waals surface area contributed by atoms with Crippen LogP contribution in [-0.4, -0.2) is 17.6 Å². The number of benzene rings is 1. The molecule has 1 aromatic carbocycles. The van der Waals surface area contributed by atoms with Gasteiger partial charge in [0.1, 0.15) is 0 Å². The fraction of sp³-hybridized carbons (Fsp3) is 0.500. The van der Waals surface area contributed by atoms with Gasteiger partial charge in [0.05, 0.1) is 12.0 Å². The van der Waals surface area contributed by atoms with E-state index in [9.17, 15) is 4.79 Å². The highest BCUT2D eigenvalue weighted by Gasteiger charge is 2.49. The van der Waals surface area contributed by atoms with Crippen molar-refractivity contribution < 1.29 is 9.90 Å². The molecule has 0 saturated heterocycles. The molecule has 1 fully saturated rings. The van der Waals surface area contributed by atoms with E-state index in [0.717, 1.165) is 24.8 Å². The van der Waals surface area contributed by atoms with Crippen molar-refractivity contribution in [3.05, 3.63) is 35.4 Å². The van der Waals surface area contributed by atoms with Crippen molar-refractivity contribution >= 4 is 5.91 Å². The maximum atomic E-state index is 11.8. The summed E-state index contributed by atoms with van der Waals surface area (Å²) in [7, 11) is 0. The molecule has 1 amide bonds. The van der Waals surface area contributed by atoms with Gasteiger partial charge in [-0.05, 0) is 30.4 Å². The van der Waals surface area contributed by atoms with Crippen LogP contribution in [0.15, 0.2) is 24.3 Å². The maximum Gasteiger partial charge on any atom is 0.228 e. The third-order valence-corrected chi connectivity index (χ3v) is 3.52. The van der Waals surface area contributed by atoms with Crippen molar-refractivity contribution in [3.63, 3.8) is 0 Å². The van der Waals surface area contributed by atoms with E-state index in [4.69, 9.17) is 5.11 Å². The van der Waals surface area contributed by atoms with Gasteiger partial charge in [-0.25, -0.2) is 0 Å². The molecule has 92 valence electrons. The summed E-state index contributed by atoms with van der Waals surface area (Å²) in [6, 6.07) is 8.25. The zero-order valence-electron chi connectivity index (χ0n) is 10.2. The van der Waals surface area contributed by atoms with Gasteiger partial charge in [0.25, 0.3) is 0 Å². The van der Waals surface area contributed by atoms with Gasteiger partial charge in [-0.3, -0.25) is 4.79 Å². The summed E-state index contributed by atoms with van der Waals surface area (Å²) >= 11 is 0. The highest BCUT2D eigenvalue weighted by atomic mass is 16.3. The molecule has 0 heterocycles. The minimum Gasteiger partial charge on any atom is -0.395 e. The van der Waals surface area contributed by atoms with E-state index < -0.39 is 5.41 Å². The minimum absolute atomic E-state index is 0.0143. The van der Waals surface area contributed by atoms with E-state index in [-0.39, 0.29) is 12.5 Å². The highest BCUT2D eigenvalue weighted by Crippen LogP contribution is 2.45. The Labute approximate surface area is 102 Å². The number of aliphatic hydroxyl groups excluding tert-OH is 1. The van der Waals surface area contributed by atoms with Gasteiger partial charge in [-0.15, -0.1) is 0 Å². The first kappa shape index (κ1) is 12.1. The number of carbonyl (C=O) groups excluding carboxylic acids is 1. The Kier molecular flexibility index (Phi) is 3.48. The van der Waals surface area contributed by atoms with E-state index in [2.05, 4.69) is 24.4 Å². The first-order valence-corrected chi connectivity index (χ1v) is 6.17. The highest BCUT2D eigenvalue weighted by molar-refractivity contribution is 5.85. The Morgan fingerprint density at radius 2 is 1.88 bits per heavy atom. The third kappa shape index (κ3) is 2.67. The van der Waals surface area contributed by atoms with Crippen molar-refractivity contribution in [3.8, 4) is 0 Å². The van der Waals surface area contributed by atoms with Crippen LogP contribution in [0.25, 0.3) is 0 Å². The number of nitrogens with one attached hydrogen (secondary N) is 1. The van der Waals surface area contributed by atoms with Crippen LogP contribution in [-0.2, 0) is 17.8 Å². The second kappa shape index (κ2) is 4.88. The minimum atomic E-state index is -0.469. The molecule has 1 aromatic rings. The van der Waals surface area contributed by atoms with E-state index >= 15 is 0 Å². The van der Waals surface area contributed by atoms with Crippen LogP contribution >= 0.6 is 0 Å². The molecular weight excluding hydrogens is 214 g/mol. The van der Waals surface area contributed by atoms with Gasteiger partial charge in [0, 0.05) is 6.54 Å². The Balaban J connectivity index is 1.87. The lowest BCUT2D eigenvalue weighted by atomic mass is 10.1. The average molecular weight is 233 g/mol. The normalized spacial score (nSPS) is 16.6. The van der Waals surface area contributed by atoms with Crippen molar-refractivity contribution in [2.45, 2.75) is 32.7 Å². The average Bonchev–Trinajstić information content (AvgIpc) is 3.17. The fourth-order valence-corrected chi connectivity index (χ4v) is 1.87. The molecule has 0 aliphatic heterocycles. The number of aryl methyl sites for hydroxylation is 1. The molecule has 3 nitrogen and oxygen atoms in total. The Morgan fingerprint density at radius 1 is 1.29 bits per heavy atom. The number of rotatable bonds is 5. The monoisotopic (exact) mass is 233 g/mol. The van der Waals surface area contributed by atoms with Gasteiger partial charge in [0.15, 0.2) is 0 Å². The Bertz CT molecular complexity index is 393. The molecule has 3 heteroatoms. The largest absolute Gasteiger partial charge is 0.395 e. The lowest BCUT2D eigenvalue weighted by Crippen LogP contribution is -2.33. The number of aliphatic hydroxyl groups is 1. The molecule has 2 N–H and O–H groups in total. The van der Waals surface area contributed by atoms with Crippen LogP contribution in [0.5, 0.6) is 0 Å². The summed E-state index contributed by atoms with van der Waals surface area (Å²) in [4.78, 5) is 11.8. The molecule has 0 unspecified atom stereocenters. The van der Waals surface area contributed by atoms with Gasteiger partial charge >= 0.3 is 0 Å². The molecule has 2 rings (SSSR count). The number of carbonyl (C=O) groups is 1. The summed E-state index contributed by atoms with van der Waals surface area (Å²) in [6.07, 6.45) is 2.65. The van der Waals surface area contributed by atoms with E-state index in [1.54, 1.807) is 0 Å². The van der Waals surface area contributed by atoms with Crippen molar-refractivity contribution in [2.24, 2.45) is 5.41 Å². The van der Waals surface area contributed by atoms with E-state index in [0.29, 0.717) is 6.54 Å². The number of hydrogen-bond acceptors (Lipinski definition) is 2. The zero-order valence-corrected chi connectivity index (χ0v) is 10.2. The van der Waals surface area contributed by atoms with Crippen LogP contribution in [0.4, 0.5) is 0 Å². The summed E-state index contributed by atoms with van der Waals surface area (Å²) in [6.45, 7) is 2.63. The van der Waals surface area contributed by atoms with Crippen LogP contribution in [0.2, 0.25) is 0 Å². The van der Waals surface area contributed by atoms with Crippen LogP contribution < -0.4 is 5.32 Å². The lowest BCUT2D eigenvalue weighted by molar-refractivity contribution is -0.127. The molecule has 0 spiro atoms. The van der Waals surface area contributed by atoms with Crippen LogP contribution in [0, 0.1) is 5.41 Å². The van der Waals surface area contributed by atoms with E-state index in [1.807, 2.05) is 12.1 Å². The maximum absolute atomic E-state index is 11.8. The van der Waals surface area contributed by atoms with Crippen molar-refractivity contribution in [1.82, 2.24) is 5.32 Å². The first-order chi connectivity index (χ1) is 8.20. The second-order valence-electron chi connectivity index (χ2n) is 4.79. The van der Waals surface area contributed by atoms with Gasteiger partial charge in [-0.1, -0.05) is 31.2 Å². The third-order valence-electron chi connectivity index (χ3n) is 3.52. The molecule has 0 radical (unpaired) electrons. The lowest BCUT2D eigenvalue weighted by Gasteiger charge is -2.12. The molecule has 0 bridgehead atoms.